The topological polar surface area (TPSA) is 19.9 Å². The second-order valence-electron chi connectivity index (χ2n) is 5.31. The normalized spacial score (nSPS) is 15.0. The van der Waals surface area contributed by atoms with E-state index in [4.69, 9.17) is 104 Å². The summed E-state index contributed by atoms with van der Waals surface area (Å²) in [6.45, 7) is 3.02. The number of halogens is 9. The Kier molecular flexibility index (Phi) is 7.02. The van der Waals surface area contributed by atoms with Crippen LogP contribution in [0.5, 0.6) is 0 Å². The summed E-state index contributed by atoms with van der Waals surface area (Å²) in [4.78, 5) is 0. The van der Waals surface area contributed by atoms with Crippen molar-refractivity contribution in [2.24, 2.45) is 0 Å². The van der Waals surface area contributed by atoms with Crippen LogP contribution in [0.1, 0.15) is 25.0 Å². The van der Waals surface area contributed by atoms with E-state index >= 15 is 0 Å². The lowest BCUT2D eigenvalue weighted by Gasteiger charge is -2.44. The second-order valence-corrected chi connectivity index (χ2v) is 11.6. The lowest BCUT2D eigenvalue weighted by molar-refractivity contribution is -0.000115. The van der Waals surface area contributed by atoms with Gasteiger partial charge in [0, 0.05) is 0 Å². The van der Waals surface area contributed by atoms with E-state index in [9.17, 15) is 5.11 Å². The molecule has 0 aromatic heterocycles. The molecule has 0 fully saturated rings. The van der Waals surface area contributed by atoms with Crippen LogP contribution < -0.4 is 0 Å². The molecule has 10 heteroatoms. The van der Waals surface area contributed by atoms with Crippen LogP contribution in [0.3, 0.4) is 0 Å². The summed E-state index contributed by atoms with van der Waals surface area (Å²) in [6, 6.07) is 6.00. The standard InChI is InChI=1S/C13H10Cl9O/c1-9(2,23)7-3-5-8(6-4-7)10(14,15)11(16,17)12(18,19)13(20,21)22/h3-6H,1-2H3. The van der Waals surface area contributed by atoms with Crippen molar-refractivity contribution in [2.45, 2.75) is 36.2 Å². The SMILES string of the molecule is CC(C)([O])c1ccc(C(Cl)(Cl)C(Cl)(Cl)C(Cl)(Cl)C(Cl)(Cl)Cl)cc1. The Morgan fingerprint density at radius 1 is 0.652 bits per heavy atom. The third-order valence-corrected chi connectivity index (χ3v) is 8.56. The fraction of sp³-hybridized carbons (Fsp3) is 0.538. The van der Waals surface area contributed by atoms with Crippen molar-refractivity contribution in [3.05, 3.63) is 35.4 Å². The first-order valence-corrected chi connectivity index (χ1v) is 9.38. The first kappa shape index (κ1) is 22.8. The summed E-state index contributed by atoms with van der Waals surface area (Å²) >= 11 is 54.2. The summed E-state index contributed by atoms with van der Waals surface area (Å²) < 4.78 is -9.00. The number of rotatable bonds is 4. The molecular formula is C13H10Cl9O. The van der Waals surface area contributed by atoms with Gasteiger partial charge >= 0.3 is 0 Å². The van der Waals surface area contributed by atoms with Crippen LogP contribution in [0.4, 0.5) is 0 Å². The van der Waals surface area contributed by atoms with E-state index in [0.717, 1.165) is 0 Å². The Labute approximate surface area is 180 Å². The van der Waals surface area contributed by atoms with Crippen LogP contribution in [0.25, 0.3) is 0 Å². The highest BCUT2D eigenvalue weighted by molar-refractivity contribution is 6.80. The molecule has 0 N–H and O–H groups in total. The van der Waals surface area contributed by atoms with Gasteiger partial charge in [0.1, 0.15) is 5.60 Å². The van der Waals surface area contributed by atoms with Gasteiger partial charge in [-0.1, -0.05) is 129 Å². The molecule has 131 valence electrons. The minimum absolute atomic E-state index is 0.221. The quantitative estimate of drug-likeness (QED) is 0.377. The van der Waals surface area contributed by atoms with Crippen molar-refractivity contribution in [3.63, 3.8) is 0 Å². The van der Waals surface area contributed by atoms with E-state index in [1.807, 2.05) is 0 Å². The molecule has 0 aliphatic heterocycles. The first-order valence-electron chi connectivity index (χ1n) is 5.98. The van der Waals surface area contributed by atoms with Crippen molar-refractivity contribution in [3.8, 4) is 0 Å². The van der Waals surface area contributed by atoms with E-state index in [0.29, 0.717) is 5.56 Å². The molecule has 0 atom stereocenters. The van der Waals surface area contributed by atoms with Crippen molar-refractivity contribution < 1.29 is 5.11 Å². The molecule has 0 aliphatic rings. The molecule has 0 heterocycles. The summed E-state index contributed by atoms with van der Waals surface area (Å²) in [5.74, 6) is 0. The first-order chi connectivity index (χ1) is 9.96. The van der Waals surface area contributed by atoms with E-state index in [1.165, 1.54) is 38.1 Å². The molecule has 0 aliphatic carbocycles. The monoisotopic (exact) mass is 497 g/mol. The molecule has 23 heavy (non-hydrogen) atoms. The predicted molar refractivity (Wildman–Crippen MR) is 103 cm³/mol. The zero-order valence-corrected chi connectivity index (χ0v) is 18.4. The molecule has 1 nitrogen and oxygen atoms in total. The van der Waals surface area contributed by atoms with E-state index in [2.05, 4.69) is 0 Å². The van der Waals surface area contributed by atoms with Gasteiger partial charge in [-0.25, -0.2) is 5.11 Å². The molecule has 0 amide bonds. The molecule has 0 saturated heterocycles. The summed E-state index contributed by atoms with van der Waals surface area (Å²) in [5, 5.41) is 11.9. The smallest absolute Gasteiger partial charge is 0.225 e. The summed E-state index contributed by atoms with van der Waals surface area (Å²) in [7, 11) is 0. The van der Waals surface area contributed by atoms with Crippen molar-refractivity contribution in [2.75, 3.05) is 0 Å². The number of alkyl halides is 9. The lowest BCUT2D eigenvalue weighted by Crippen LogP contribution is -2.54. The van der Waals surface area contributed by atoms with Gasteiger partial charge in [0.15, 0.2) is 8.67 Å². The maximum absolute atomic E-state index is 11.9. The summed E-state index contributed by atoms with van der Waals surface area (Å²) in [5.41, 5.74) is -0.581. The van der Waals surface area contributed by atoms with Crippen LogP contribution in [0, 0.1) is 0 Å². The fourth-order valence-corrected chi connectivity index (χ4v) is 3.87. The third kappa shape index (κ3) is 4.38. The van der Waals surface area contributed by atoms with Crippen LogP contribution in [-0.4, -0.2) is 12.5 Å². The largest absolute Gasteiger partial charge is 0.226 e. The Morgan fingerprint density at radius 2 is 1.00 bits per heavy atom. The fourth-order valence-electron chi connectivity index (χ4n) is 1.64. The van der Waals surface area contributed by atoms with Gasteiger partial charge in [-0.05, 0) is 25.0 Å². The molecule has 0 saturated carbocycles. The molecule has 0 unspecified atom stereocenters. The lowest BCUT2D eigenvalue weighted by atomic mass is 9.95. The minimum Gasteiger partial charge on any atom is -0.225 e. The van der Waals surface area contributed by atoms with Crippen molar-refractivity contribution in [1.82, 2.24) is 0 Å². The van der Waals surface area contributed by atoms with Crippen molar-refractivity contribution >= 4 is 104 Å². The molecule has 0 bridgehead atoms. The van der Waals surface area contributed by atoms with E-state index < -0.39 is 22.4 Å². The highest BCUT2D eigenvalue weighted by atomic mass is 35.6. The number of benzene rings is 1. The average Bonchev–Trinajstić information content (AvgIpc) is 2.36. The minimum atomic E-state index is -2.35. The highest BCUT2D eigenvalue weighted by Gasteiger charge is 2.68. The van der Waals surface area contributed by atoms with Crippen LogP contribution in [0.15, 0.2) is 24.3 Å². The van der Waals surface area contributed by atoms with Gasteiger partial charge in [-0.3, -0.25) is 0 Å². The maximum Gasteiger partial charge on any atom is 0.226 e. The molecule has 1 rings (SSSR count). The van der Waals surface area contributed by atoms with Gasteiger partial charge in [0.2, 0.25) is 8.13 Å². The molecule has 0 spiro atoms. The average molecular weight is 501 g/mol. The van der Waals surface area contributed by atoms with Gasteiger partial charge in [0.05, 0.1) is 0 Å². The Hall–Kier alpha value is 1.79. The second kappa shape index (κ2) is 7.08. The van der Waals surface area contributed by atoms with Gasteiger partial charge in [-0.2, -0.15) is 0 Å². The Morgan fingerprint density at radius 3 is 1.30 bits per heavy atom. The van der Waals surface area contributed by atoms with Crippen LogP contribution in [0.2, 0.25) is 0 Å². The van der Waals surface area contributed by atoms with Gasteiger partial charge in [-0.15, -0.1) is 0 Å². The van der Waals surface area contributed by atoms with Crippen LogP contribution in [-0.2, 0) is 15.0 Å². The zero-order valence-electron chi connectivity index (χ0n) is 11.6. The Bertz CT molecular complexity index is 552. The maximum atomic E-state index is 11.9. The predicted octanol–water partition coefficient (Wildman–Crippen LogP) is 7.70. The molecule has 1 aromatic carbocycles. The van der Waals surface area contributed by atoms with E-state index in [1.54, 1.807) is 0 Å². The van der Waals surface area contributed by atoms with Crippen LogP contribution >= 0.6 is 104 Å². The molecule has 1 aromatic rings. The Balaban J connectivity index is 3.35. The third-order valence-electron chi connectivity index (χ3n) is 3.09. The highest BCUT2D eigenvalue weighted by Crippen LogP contribution is 2.65. The number of hydrogen-bond acceptors (Lipinski definition) is 0. The molecular weight excluding hydrogens is 491 g/mol. The number of hydrogen-bond donors (Lipinski definition) is 0. The zero-order chi connectivity index (χ0) is 18.5. The van der Waals surface area contributed by atoms with E-state index in [-0.39, 0.29) is 5.56 Å². The van der Waals surface area contributed by atoms with Gasteiger partial charge < -0.3 is 0 Å². The van der Waals surface area contributed by atoms with Gasteiger partial charge in [0.25, 0.3) is 0 Å². The van der Waals surface area contributed by atoms with Crippen molar-refractivity contribution in [1.29, 1.82) is 0 Å². The molecule has 1 radical (unpaired) electrons. The summed E-state index contributed by atoms with van der Waals surface area (Å²) in [6.07, 6.45) is 0.